The standard InChI is InChI=1S/C25H37ClN2O3/c1-16(2)22(27-23(30)18-7-11-20(29)12-8-18)24(31)28-14-13-21(25(3,4)15-28)17-5-9-19(26)10-6-17/h5-6,9-10,16,18,20-22,29H,7-8,11-15H2,1-4H3,(H,27,30)/t18-,20+,21?,22-/m1/s1. The summed E-state index contributed by atoms with van der Waals surface area (Å²) in [6.07, 6.45) is 3.28. The third-order valence-electron chi connectivity index (χ3n) is 7.11. The van der Waals surface area contributed by atoms with E-state index in [0.717, 1.165) is 11.4 Å². The fraction of sp³-hybridized carbons (Fsp3) is 0.680. The van der Waals surface area contributed by atoms with E-state index in [4.69, 9.17) is 11.6 Å². The van der Waals surface area contributed by atoms with Crippen molar-refractivity contribution < 1.29 is 14.7 Å². The van der Waals surface area contributed by atoms with E-state index >= 15 is 0 Å². The molecule has 5 nitrogen and oxygen atoms in total. The molecule has 3 rings (SSSR count). The zero-order chi connectivity index (χ0) is 22.8. The molecule has 2 atom stereocenters. The fourth-order valence-corrected chi connectivity index (χ4v) is 5.30. The van der Waals surface area contributed by atoms with E-state index in [2.05, 4.69) is 31.3 Å². The van der Waals surface area contributed by atoms with Gasteiger partial charge in [-0.3, -0.25) is 9.59 Å². The second-order valence-electron chi connectivity index (χ2n) is 10.4. The first-order valence-corrected chi connectivity index (χ1v) is 12.0. The van der Waals surface area contributed by atoms with Gasteiger partial charge in [0, 0.05) is 24.0 Å². The van der Waals surface area contributed by atoms with E-state index in [9.17, 15) is 14.7 Å². The van der Waals surface area contributed by atoms with Gasteiger partial charge in [0.05, 0.1) is 6.10 Å². The first-order chi connectivity index (χ1) is 14.6. The highest BCUT2D eigenvalue weighted by Crippen LogP contribution is 2.42. The Bertz CT molecular complexity index is 769. The second kappa shape index (κ2) is 9.91. The average Bonchev–Trinajstić information content (AvgIpc) is 2.72. The van der Waals surface area contributed by atoms with Crippen molar-refractivity contribution in [3.05, 3.63) is 34.9 Å². The Morgan fingerprint density at radius 3 is 2.26 bits per heavy atom. The Morgan fingerprint density at radius 1 is 1.10 bits per heavy atom. The number of nitrogens with zero attached hydrogens (tertiary/aromatic N) is 1. The summed E-state index contributed by atoms with van der Waals surface area (Å²) in [5.74, 6) is 0.234. The number of halogens is 1. The van der Waals surface area contributed by atoms with Crippen LogP contribution in [0.5, 0.6) is 0 Å². The van der Waals surface area contributed by atoms with Gasteiger partial charge in [0.1, 0.15) is 6.04 Å². The van der Waals surface area contributed by atoms with Crippen LogP contribution in [-0.2, 0) is 9.59 Å². The second-order valence-corrected chi connectivity index (χ2v) is 10.8. The van der Waals surface area contributed by atoms with E-state index < -0.39 is 6.04 Å². The number of nitrogens with one attached hydrogen (secondary N) is 1. The Morgan fingerprint density at radius 2 is 1.71 bits per heavy atom. The molecule has 0 radical (unpaired) electrons. The van der Waals surface area contributed by atoms with Crippen LogP contribution in [0.4, 0.5) is 0 Å². The molecule has 1 heterocycles. The van der Waals surface area contributed by atoms with E-state index in [1.165, 1.54) is 5.56 Å². The number of carbonyl (C=O) groups excluding carboxylic acids is 2. The van der Waals surface area contributed by atoms with Gasteiger partial charge in [0.15, 0.2) is 0 Å². The molecule has 1 aromatic carbocycles. The Labute approximate surface area is 191 Å². The molecule has 1 unspecified atom stereocenters. The predicted molar refractivity (Wildman–Crippen MR) is 124 cm³/mol. The number of likely N-dealkylation sites (tertiary alicyclic amines) is 1. The van der Waals surface area contributed by atoms with Crippen LogP contribution in [0.3, 0.4) is 0 Å². The molecule has 2 amide bonds. The summed E-state index contributed by atoms with van der Waals surface area (Å²) < 4.78 is 0. The first kappa shape index (κ1) is 24.1. The number of benzene rings is 1. The molecule has 31 heavy (non-hydrogen) atoms. The summed E-state index contributed by atoms with van der Waals surface area (Å²) in [6.45, 7) is 9.74. The van der Waals surface area contributed by atoms with Gasteiger partial charge in [0.2, 0.25) is 11.8 Å². The van der Waals surface area contributed by atoms with Crippen molar-refractivity contribution in [3.63, 3.8) is 0 Å². The molecule has 1 aliphatic heterocycles. The van der Waals surface area contributed by atoms with Crippen LogP contribution in [0.2, 0.25) is 5.02 Å². The third-order valence-corrected chi connectivity index (χ3v) is 7.36. The van der Waals surface area contributed by atoms with E-state index in [1.807, 2.05) is 30.9 Å². The van der Waals surface area contributed by atoms with Crippen LogP contribution >= 0.6 is 11.6 Å². The lowest BCUT2D eigenvalue weighted by Crippen LogP contribution is -2.56. The molecule has 6 heteroatoms. The maximum Gasteiger partial charge on any atom is 0.245 e. The van der Waals surface area contributed by atoms with Gasteiger partial charge in [-0.2, -0.15) is 0 Å². The number of hydrogen-bond acceptors (Lipinski definition) is 3. The van der Waals surface area contributed by atoms with Crippen LogP contribution in [0.1, 0.15) is 71.3 Å². The topological polar surface area (TPSA) is 69.6 Å². The SMILES string of the molecule is CC(C)[C@@H](NC(=O)[C@H]1CC[C@@H](O)CC1)C(=O)N1CCC(c2ccc(Cl)cc2)C(C)(C)C1. The summed E-state index contributed by atoms with van der Waals surface area (Å²) in [5, 5.41) is 13.5. The molecule has 1 aromatic rings. The molecule has 2 aliphatic rings. The Balaban J connectivity index is 1.66. The van der Waals surface area contributed by atoms with Crippen LogP contribution < -0.4 is 5.32 Å². The largest absolute Gasteiger partial charge is 0.393 e. The zero-order valence-electron chi connectivity index (χ0n) is 19.2. The van der Waals surface area contributed by atoms with Gasteiger partial charge < -0.3 is 15.3 Å². The zero-order valence-corrected chi connectivity index (χ0v) is 20.0. The van der Waals surface area contributed by atoms with Crippen molar-refractivity contribution in [1.82, 2.24) is 10.2 Å². The van der Waals surface area contributed by atoms with Crippen molar-refractivity contribution in [2.45, 2.75) is 77.9 Å². The molecule has 172 valence electrons. The number of amides is 2. The molecule has 0 spiro atoms. The number of aliphatic hydroxyl groups excluding tert-OH is 1. The molecular formula is C25H37ClN2O3. The highest BCUT2D eigenvalue weighted by atomic mass is 35.5. The molecule has 1 saturated heterocycles. The summed E-state index contributed by atoms with van der Waals surface area (Å²) >= 11 is 6.06. The van der Waals surface area contributed by atoms with Crippen LogP contribution in [0.15, 0.2) is 24.3 Å². The highest BCUT2D eigenvalue weighted by molar-refractivity contribution is 6.30. The van der Waals surface area contributed by atoms with E-state index in [-0.39, 0.29) is 35.2 Å². The first-order valence-electron chi connectivity index (χ1n) is 11.6. The van der Waals surface area contributed by atoms with Crippen molar-refractivity contribution >= 4 is 23.4 Å². The summed E-state index contributed by atoms with van der Waals surface area (Å²) in [7, 11) is 0. The minimum atomic E-state index is -0.512. The van der Waals surface area contributed by atoms with Crippen LogP contribution in [0.25, 0.3) is 0 Å². The van der Waals surface area contributed by atoms with Gasteiger partial charge in [-0.1, -0.05) is 51.4 Å². The molecule has 2 N–H and O–H groups in total. The Hall–Kier alpha value is -1.59. The van der Waals surface area contributed by atoms with Crippen LogP contribution in [-0.4, -0.2) is 47.1 Å². The fourth-order valence-electron chi connectivity index (χ4n) is 5.18. The highest BCUT2D eigenvalue weighted by Gasteiger charge is 2.41. The van der Waals surface area contributed by atoms with Crippen molar-refractivity contribution in [3.8, 4) is 0 Å². The molecule has 1 saturated carbocycles. The monoisotopic (exact) mass is 448 g/mol. The lowest BCUT2D eigenvalue weighted by molar-refractivity contribution is -0.142. The number of carbonyl (C=O) groups is 2. The molecular weight excluding hydrogens is 412 g/mol. The third kappa shape index (κ3) is 5.81. The summed E-state index contributed by atoms with van der Waals surface area (Å²) in [4.78, 5) is 28.2. The van der Waals surface area contributed by atoms with Gasteiger partial charge in [-0.15, -0.1) is 0 Å². The van der Waals surface area contributed by atoms with Crippen molar-refractivity contribution in [1.29, 1.82) is 0 Å². The number of hydrogen-bond donors (Lipinski definition) is 2. The van der Waals surface area contributed by atoms with Gasteiger partial charge in [-0.25, -0.2) is 0 Å². The van der Waals surface area contributed by atoms with Gasteiger partial charge in [0.25, 0.3) is 0 Å². The molecule has 2 fully saturated rings. The van der Waals surface area contributed by atoms with Crippen molar-refractivity contribution in [2.75, 3.05) is 13.1 Å². The van der Waals surface area contributed by atoms with Gasteiger partial charge in [-0.05, 0) is 67.1 Å². The predicted octanol–water partition coefficient (Wildman–Crippen LogP) is 4.37. The summed E-state index contributed by atoms with van der Waals surface area (Å²) in [5.41, 5.74) is 1.18. The maximum absolute atomic E-state index is 13.4. The smallest absolute Gasteiger partial charge is 0.245 e. The maximum atomic E-state index is 13.4. The minimum Gasteiger partial charge on any atom is -0.393 e. The van der Waals surface area contributed by atoms with E-state index in [1.54, 1.807) is 0 Å². The minimum absolute atomic E-state index is 0.0156. The van der Waals surface area contributed by atoms with Crippen LogP contribution in [0, 0.1) is 17.3 Å². The number of piperidine rings is 1. The Kier molecular flexibility index (Phi) is 7.69. The summed E-state index contributed by atoms with van der Waals surface area (Å²) in [6, 6.07) is 7.52. The average molecular weight is 449 g/mol. The lowest BCUT2D eigenvalue weighted by atomic mass is 9.70. The molecule has 0 aromatic heterocycles. The molecule has 0 bridgehead atoms. The lowest BCUT2D eigenvalue weighted by Gasteiger charge is -2.46. The quantitative estimate of drug-likeness (QED) is 0.702. The number of rotatable bonds is 5. The number of aliphatic hydroxyl groups is 1. The van der Waals surface area contributed by atoms with E-state index in [0.29, 0.717) is 44.7 Å². The van der Waals surface area contributed by atoms with Crippen molar-refractivity contribution in [2.24, 2.45) is 17.3 Å². The molecule has 1 aliphatic carbocycles. The van der Waals surface area contributed by atoms with Gasteiger partial charge >= 0.3 is 0 Å². The normalized spacial score (nSPS) is 27.1.